The highest BCUT2D eigenvalue weighted by Crippen LogP contribution is 2.20. The molecule has 80 valence electrons. The summed E-state index contributed by atoms with van der Waals surface area (Å²) in [6.07, 6.45) is 7.19. The molecule has 0 saturated carbocycles. The van der Waals surface area contributed by atoms with Gasteiger partial charge in [0, 0.05) is 24.2 Å². The van der Waals surface area contributed by atoms with E-state index in [1.807, 2.05) is 46.2 Å². The molecule has 0 N–H and O–H groups in total. The topological polar surface area (TPSA) is 37.6 Å². The molecule has 2 rings (SSSR count). The Balaban J connectivity index is 0.000000531. The van der Waals surface area contributed by atoms with Crippen LogP contribution in [0.4, 0.5) is 5.69 Å². The number of rotatable bonds is 0. The van der Waals surface area contributed by atoms with Crippen LogP contribution in [0.25, 0.3) is 0 Å². The molecule has 0 radical (unpaired) electrons. The Hall–Kier alpha value is -1.51. The Labute approximate surface area is 91.0 Å². The van der Waals surface area contributed by atoms with Gasteiger partial charge in [-0.1, -0.05) is 13.8 Å². The van der Waals surface area contributed by atoms with E-state index in [0.29, 0.717) is 0 Å². The second-order valence-corrected chi connectivity index (χ2v) is 3.60. The molecule has 0 unspecified atom stereocenters. The van der Waals surface area contributed by atoms with Crippen molar-refractivity contribution in [2.24, 2.45) is 9.98 Å². The van der Waals surface area contributed by atoms with E-state index in [1.165, 1.54) is 0 Å². The minimum absolute atomic E-state index is 0.209. The summed E-state index contributed by atoms with van der Waals surface area (Å²) in [5.74, 6) is 0. The van der Waals surface area contributed by atoms with Crippen LogP contribution in [0.1, 0.15) is 33.3 Å². The van der Waals surface area contributed by atoms with Crippen molar-refractivity contribution >= 4 is 18.1 Å². The molecule has 0 aromatic carbocycles. The lowest BCUT2D eigenvalue weighted by atomic mass is 10.1. The smallest absolute Gasteiger partial charge is 0.0901 e. The lowest BCUT2D eigenvalue weighted by Gasteiger charge is -2.09. The summed E-state index contributed by atoms with van der Waals surface area (Å²) in [7, 11) is 0. The molecule has 0 bridgehead atoms. The zero-order chi connectivity index (χ0) is 11.3. The van der Waals surface area contributed by atoms with Gasteiger partial charge in [0.25, 0.3) is 0 Å². The minimum atomic E-state index is -0.209. The molecule has 0 fully saturated rings. The first-order chi connectivity index (χ1) is 7.17. The lowest BCUT2D eigenvalue weighted by Crippen LogP contribution is -2.17. The number of nitrogens with zero attached hydrogens (tertiary/aromatic N) is 3. The average molecular weight is 203 g/mol. The predicted octanol–water partition coefficient (Wildman–Crippen LogP) is 3.02. The molecule has 1 aromatic rings. The van der Waals surface area contributed by atoms with E-state index < -0.39 is 0 Å². The first kappa shape index (κ1) is 11.6. The van der Waals surface area contributed by atoms with Crippen LogP contribution in [0.3, 0.4) is 0 Å². The standard InChI is InChI=1S/C10H11N3.C2H6/c1-10(2)7-12-9-6-11-4-3-8(9)5-13-10;1-2/h3-7H,1-2H3;1-2H3. The van der Waals surface area contributed by atoms with Gasteiger partial charge in [-0.05, 0) is 19.9 Å². The molecule has 3 nitrogen and oxygen atoms in total. The molecule has 0 spiro atoms. The Morgan fingerprint density at radius 3 is 2.67 bits per heavy atom. The molecular weight excluding hydrogens is 186 g/mol. The minimum Gasteiger partial charge on any atom is -0.281 e. The number of aromatic nitrogens is 1. The molecular formula is C12H17N3. The highest BCUT2D eigenvalue weighted by Gasteiger charge is 2.14. The van der Waals surface area contributed by atoms with Gasteiger partial charge in [-0.25, -0.2) is 0 Å². The molecule has 0 aliphatic carbocycles. The summed E-state index contributed by atoms with van der Waals surface area (Å²) in [5.41, 5.74) is 1.70. The van der Waals surface area contributed by atoms with Crippen molar-refractivity contribution in [1.29, 1.82) is 0 Å². The molecule has 0 atom stereocenters. The van der Waals surface area contributed by atoms with Gasteiger partial charge in [-0.15, -0.1) is 0 Å². The summed E-state index contributed by atoms with van der Waals surface area (Å²) in [6.45, 7) is 8.04. The summed E-state index contributed by atoms with van der Waals surface area (Å²) in [6, 6.07) is 1.91. The number of hydrogen-bond donors (Lipinski definition) is 0. The van der Waals surface area contributed by atoms with E-state index >= 15 is 0 Å². The second kappa shape index (κ2) is 4.82. The summed E-state index contributed by atoms with van der Waals surface area (Å²) in [4.78, 5) is 12.7. The van der Waals surface area contributed by atoms with Crippen molar-refractivity contribution in [2.75, 3.05) is 0 Å². The molecule has 0 amide bonds. The third-order valence-corrected chi connectivity index (χ3v) is 1.89. The third kappa shape index (κ3) is 2.98. The number of pyridine rings is 1. The molecule has 2 heterocycles. The Morgan fingerprint density at radius 1 is 1.20 bits per heavy atom. The molecule has 1 aromatic heterocycles. The quantitative estimate of drug-likeness (QED) is 0.638. The van der Waals surface area contributed by atoms with Crippen molar-refractivity contribution in [3.8, 4) is 0 Å². The van der Waals surface area contributed by atoms with Crippen LogP contribution in [0.5, 0.6) is 0 Å². The fourth-order valence-electron chi connectivity index (χ4n) is 1.11. The van der Waals surface area contributed by atoms with Crippen molar-refractivity contribution in [3.63, 3.8) is 0 Å². The summed E-state index contributed by atoms with van der Waals surface area (Å²) < 4.78 is 0. The normalized spacial score (nSPS) is 16.0. The molecule has 15 heavy (non-hydrogen) atoms. The summed E-state index contributed by atoms with van der Waals surface area (Å²) >= 11 is 0. The first-order valence-corrected chi connectivity index (χ1v) is 5.22. The first-order valence-electron chi connectivity index (χ1n) is 5.22. The average Bonchev–Trinajstić information content (AvgIpc) is 2.42. The van der Waals surface area contributed by atoms with Gasteiger partial charge in [0.1, 0.15) is 0 Å². The van der Waals surface area contributed by atoms with Gasteiger partial charge in [-0.2, -0.15) is 0 Å². The Kier molecular flexibility index (Phi) is 3.72. The Morgan fingerprint density at radius 2 is 1.93 bits per heavy atom. The van der Waals surface area contributed by atoms with Crippen LogP contribution in [0.2, 0.25) is 0 Å². The second-order valence-electron chi connectivity index (χ2n) is 3.60. The van der Waals surface area contributed by atoms with Crippen LogP contribution in [0, 0.1) is 0 Å². The monoisotopic (exact) mass is 203 g/mol. The highest BCUT2D eigenvalue weighted by atomic mass is 14.9. The van der Waals surface area contributed by atoms with Gasteiger partial charge < -0.3 is 0 Å². The van der Waals surface area contributed by atoms with Crippen molar-refractivity contribution < 1.29 is 0 Å². The van der Waals surface area contributed by atoms with Crippen LogP contribution in [-0.2, 0) is 0 Å². The fourth-order valence-corrected chi connectivity index (χ4v) is 1.11. The van der Waals surface area contributed by atoms with Crippen LogP contribution in [0.15, 0.2) is 28.4 Å². The van der Waals surface area contributed by atoms with Gasteiger partial charge in [0.05, 0.1) is 17.4 Å². The zero-order valence-corrected chi connectivity index (χ0v) is 9.73. The van der Waals surface area contributed by atoms with Crippen molar-refractivity contribution in [2.45, 2.75) is 33.2 Å². The van der Waals surface area contributed by atoms with Crippen LogP contribution < -0.4 is 0 Å². The zero-order valence-electron chi connectivity index (χ0n) is 9.73. The van der Waals surface area contributed by atoms with E-state index in [9.17, 15) is 0 Å². The number of fused-ring (bicyclic) bond motifs is 1. The van der Waals surface area contributed by atoms with Crippen LogP contribution >= 0.6 is 0 Å². The third-order valence-electron chi connectivity index (χ3n) is 1.89. The van der Waals surface area contributed by atoms with E-state index in [2.05, 4.69) is 15.0 Å². The fraction of sp³-hybridized carbons (Fsp3) is 0.417. The Bertz CT molecular complexity index is 343. The number of hydrogen-bond acceptors (Lipinski definition) is 3. The van der Waals surface area contributed by atoms with Crippen molar-refractivity contribution in [3.05, 3.63) is 24.0 Å². The van der Waals surface area contributed by atoms with Gasteiger partial charge in [0.15, 0.2) is 0 Å². The van der Waals surface area contributed by atoms with Crippen molar-refractivity contribution in [1.82, 2.24) is 4.98 Å². The molecule has 0 saturated heterocycles. The van der Waals surface area contributed by atoms with E-state index in [4.69, 9.17) is 0 Å². The lowest BCUT2D eigenvalue weighted by molar-refractivity contribution is 0.723. The highest BCUT2D eigenvalue weighted by molar-refractivity contribution is 5.91. The van der Waals surface area contributed by atoms with E-state index in [1.54, 1.807) is 12.4 Å². The maximum Gasteiger partial charge on any atom is 0.0901 e. The van der Waals surface area contributed by atoms with Gasteiger partial charge in [0.2, 0.25) is 0 Å². The van der Waals surface area contributed by atoms with Gasteiger partial charge >= 0.3 is 0 Å². The van der Waals surface area contributed by atoms with E-state index in [-0.39, 0.29) is 5.54 Å². The van der Waals surface area contributed by atoms with E-state index in [0.717, 1.165) is 11.3 Å². The molecule has 3 heteroatoms. The van der Waals surface area contributed by atoms with Crippen LogP contribution in [-0.4, -0.2) is 23.0 Å². The maximum atomic E-state index is 4.39. The summed E-state index contributed by atoms with van der Waals surface area (Å²) in [5, 5.41) is 0. The molecule has 1 aliphatic heterocycles. The number of aliphatic imine (C=N–C) groups is 2. The SMILES string of the molecule is CC.CC1(C)C=Nc2cnccc2C=N1. The predicted molar refractivity (Wildman–Crippen MR) is 65.4 cm³/mol. The largest absolute Gasteiger partial charge is 0.281 e. The maximum absolute atomic E-state index is 4.39. The van der Waals surface area contributed by atoms with Gasteiger partial charge in [-0.3, -0.25) is 15.0 Å². The molecule has 1 aliphatic rings.